The van der Waals surface area contributed by atoms with E-state index in [9.17, 15) is 14.4 Å². The van der Waals surface area contributed by atoms with Crippen LogP contribution in [0.2, 0.25) is 0 Å². The Morgan fingerprint density at radius 3 is 2.45 bits per heavy atom. The number of carbonyl (C=O) groups excluding carboxylic acids is 3. The molecule has 29 heavy (non-hydrogen) atoms. The summed E-state index contributed by atoms with van der Waals surface area (Å²) in [7, 11) is 1.39. The van der Waals surface area contributed by atoms with Crippen LogP contribution in [0.5, 0.6) is 0 Å². The average Bonchev–Trinajstić information content (AvgIpc) is 3.08. The van der Waals surface area contributed by atoms with Crippen LogP contribution in [0.4, 0.5) is 4.79 Å². The first-order chi connectivity index (χ1) is 13.9. The highest BCUT2D eigenvalue weighted by Gasteiger charge is 2.27. The highest BCUT2D eigenvalue weighted by Crippen LogP contribution is 2.26. The maximum Gasteiger partial charge on any atom is 0.321 e. The summed E-state index contributed by atoms with van der Waals surface area (Å²) in [5.41, 5.74) is 4.00. The Labute approximate surface area is 168 Å². The van der Waals surface area contributed by atoms with Crippen LogP contribution in [-0.2, 0) is 20.7 Å². The van der Waals surface area contributed by atoms with E-state index in [4.69, 9.17) is 9.15 Å². The Balaban J connectivity index is 1.81. The van der Waals surface area contributed by atoms with Crippen molar-refractivity contribution < 1.29 is 23.5 Å². The van der Waals surface area contributed by atoms with Gasteiger partial charge in [-0.1, -0.05) is 30.3 Å². The van der Waals surface area contributed by atoms with E-state index < -0.39 is 24.0 Å². The molecular formula is C22H22N2O5. The molecule has 1 atom stereocenters. The first-order valence-electron chi connectivity index (χ1n) is 9.13. The number of urea groups is 1. The first-order valence-corrected chi connectivity index (χ1v) is 9.13. The molecule has 0 saturated heterocycles. The number of aryl methyl sites for hydroxylation is 2. The molecule has 0 saturated carbocycles. The summed E-state index contributed by atoms with van der Waals surface area (Å²) in [6.07, 6.45) is 0.210. The fourth-order valence-corrected chi connectivity index (χ4v) is 2.94. The molecule has 2 N–H and O–H groups in total. The second-order valence-electron chi connectivity index (χ2n) is 6.72. The molecule has 3 aromatic rings. The van der Waals surface area contributed by atoms with E-state index in [2.05, 4.69) is 10.6 Å². The van der Waals surface area contributed by atoms with Gasteiger partial charge in [-0.3, -0.25) is 14.9 Å². The lowest BCUT2D eigenvalue weighted by Gasteiger charge is -2.17. The largest absolute Gasteiger partial charge is 0.464 e. The van der Waals surface area contributed by atoms with Crippen LogP contribution < -0.4 is 10.6 Å². The molecule has 0 aliphatic carbocycles. The van der Waals surface area contributed by atoms with Gasteiger partial charge in [0.2, 0.25) is 6.10 Å². The van der Waals surface area contributed by atoms with Crippen LogP contribution in [0.3, 0.4) is 0 Å². The molecule has 3 amide bonds. The normalized spacial score (nSPS) is 11.7. The smallest absolute Gasteiger partial charge is 0.321 e. The van der Waals surface area contributed by atoms with E-state index in [1.165, 1.54) is 13.3 Å². The molecule has 0 fully saturated rings. The molecule has 0 spiro atoms. The number of imide groups is 1. The van der Waals surface area contributed by atoms with E-state index in [0.717, 1.165) is 16.5 Å². The number of ether oxygens (including phenoxy) is 1. The molecule has 0 radical (unpaired) electrons. The van der Waals surface area contributed by atoms with E-state index in [-0.39, 0.29) is 6.42 Å². The van der Waals surface area contributed by atoms with Crippen molar-refractivity contribution in [1.29, 1.82) is 0 Å². The third kappa shape index (κ3) is 4.63. The SMILES string of the molecule is CNC(=O)NC(=O)[C@@H](OC(=O)Cc1coc2cc(C)c(C)cc12)c1ccccc1. The van der Waals surface area contributed by atoms with E-state index in [1.807, 2.05) is 26.0 Å². The van der Waals surface area contributed by atoms with Crippen molar-refractivity contribution in [1.82, 2.24) is 10.6 Å². The van der Waals surface area contributed by atoms with Crippen molar-refractivity contribution >= 4 is 28.9 Å². The maximum absolute atomic E-state index is 12.6. The van der Waals surface area contributed by atoms with Gasteiger partial charge in [-0.05, 0) is 37.1 Å². The fourth-order valence-electron chi connectivity index (χ4n) is 2.94. The summed E-state index contributed by atoms with van der Waals surface area (Å²) in [6.45, 7) is 3.97. The van der Waals surface area contributed by atoms with Gasteiger partial charge in [0.1, 0.15) is 5.58 Å². The van der Waals surface area contributed by atoms with Gasteiger partial charge in [0.15, 0.2) is 0 Å². The molecule has 0 aliphatic heterocycles. The van der Waals surface area contributed by atoms with Crippen LogP contribution in [0.15, 0.2) is 53.1 Å². The molecule has 1 aromatic heterocycles. The van der Waals surface area contributed by atoms with Crippen LogP contribution in [0, 0.1) is 13.8 Å². The van der Waals surface area contributed by atoms with E-state index >= 15 is 0 Å². The number of esters is 1. The van der Waals surface area contributed by atoms with Crippen LogP contribution in [-0.4, -0.2) is 25.0 Å². The number of benzene rings is 2. The number of nitrogens with one attached hydrogen (secondary N) is 2. The van der Waals surface area contributed by atoms with Crippen LogP contribution in [0.1, 0.15) is 28.4 Å². The summed E-state index contributed by atoms with van der Waals surface area (Å²) in [6, 6.07) is 11.7. The van der Waals surface area contributed by atoms with Gasteiger partial charge in [0.25, 0.3) is 5.91 Å². The van der Waals surface area contributed by atoms with Gasteiger partial charge >= 0.3 is 12.0 Å². The zero-order chi connectivity index (χ0) is 21.0. The van der Waals surface area contributed by atoms with Crippen molar-refractivity contribution in [3.8, 4) is 0 Å². The number of hydrogen-bond acceptors (Lipinski definition) is 5. The number of fused-ring (bicyclic) bond motifs is 1. The first kappa shape index (κ1) is 20.1. The number of hydrogen-bond donors (Lipinski definition) is 2. The second-order valence-corrected chi connectivity index (χ2v) is 6.72. The van der Waals surface area contributed by atoms with E-state index in [1.54, 1.807) is 30.3 Å². The summed E-state index contributed by atoms with van der Waals surface area (Å²) >= 11 is 0. The van der Waals surface area contributed by atoms with Crippen LogP contribution in [0.25, 0.3) is 11.0 Å². The van der Waals surface area contributed by atoms with Gasteiger partial charge in [-0.2, -0.15) is 0 Å². The molecule has 1 heterocycles. The number of carbonyl (C=O) groups is 3. The Hall–Kier alpha value is -3.61. The molecule has 0 unspecified atom stereocenters. The van der Waals surface area contributed by atoms with Gasteiger partial charge < -0.3 is 14.5 Å². The lowest BCUT2D eigenvalue weighted by molar-refractivity contribution is -0.155. The lowest BCUT2D eigenvalue weighted by Crippen LogP contribution is -2.41. The number of rotatable bonds is 5. The topological polar surface area (TPSA) is 97.6 Å². The predicted molar refractivity (Wildman–Crippen MR) is 107 cm³/mol. The minimum absolute atomic E-state index is 0.0634. The third-order valence-corrected chi connectivity index (χ3v) is 4.66. The highest BCUT2D eigenvalue weighted by molar-refractivity contribution is 5.98. The monoisotopic (exact) mass is 394 g/mol. The minimum atomic E-state index is -1.25. The zero-order valence-electron chi connectivity index (χ0n) is 16.4. The second kappa shape index (κ2) is 8.60. The van der Waals surface area contributed by atoms with Gasteiger partial charge in [-0.15, -0.1) is 0 Å². The molecule has 2 aromatic carbocycles. The molecule has 150 valence electrons. The Bertz CT molecular complexity index is 1060. The van der Waals surface area contributed by atoms with Crippen LogP contribution >= 0.6 is 0 Å². The van der Waals surface area contributed by atoms with Gasteiger partial charge in [0.05, 0.1) is 12.7 Å². The lowest BCUT2D eigenvalue weighted by atomic mass is 10.0. The number of furan rings is 1. The summed E-state index contributed by atoms with van der Waals surface area (Å²) in [4.78, 5) is 36.6. The Kier molecular flexibility index (Phi) is 5.97. The Morgan fingerprint density at radius 2 is 1.76 bits per heavy atom. The zero-order valence-corrected chi connectivity index (χ0v) is 16.4. The number of amides is 3. The molecule has 7 nitrogen and oxygen atoms in total. The van der Waals surface area contributed by atoms with Gasteiger partial charge in [-0.25, -0.2) is 4.79 Å². The standard InChI is InChI=1S/C22H22N2O5/c1-13-9-17-16(12-28-18(17)10-14(13)2)11-19(25)29-20(15-7-5-4-6-8-15)21(26)24-22(27)23-3/h4-10,12,20H,11H2,1-3H3,(H2,23,24,26,27)/t20-/m0/s1. The Morgan fingerprint density at radius 1 is 1.07 bits per heavy atom. The quantitative estimate of drug-likeness (QED) is 0.647. The summed E-state index contributed by atoms with van der Waals surface area (Å²) in [5.74, 6) is -1.33. The van der Waals surface area contributed by atoms with Crippen molar-refractivity contribution in [3.63, 3.8) is 0 Å². The van der Waals surface area contributed by atoms with Gasteiger partial charge in [0, 0.05) is 23.6 Å². The minimum Gasteiger partial charge on any atom is -0.464 e. The molecule has 3 rings (SSSR count). The average molecular weight is 394 g/mol. The van der Waals surface area contributed by atoms with Crippen molar-refractivity contribution in [2.45, 2.75) is 26.4 Å². The molecule has 7 heteroatoms. The fraction of sp³-hybridized carbons (Fsp3) is 0.227. The van der Waals surface area contributed by atoms with Crippen molar-refractivity contribution in [2.24, 2.45) is 0 Å². The summed E-state index contributed by atoms with van der Waals surface area (Å²) in [5, 5.41) is 5.28. The van der Waals surface area contributed by atoms with Crippen molar-refractivity contribution in [2.75, 3.05) is 7.05 Å². The van der Waals surface area contributed by atoms with E-state index in [0.29, 0.717) is 16.7 Å². The van der Waals surface area contributed by atoms with Crippen molar-refractivity contribution in [3.05, 3.63) is 71.0 Å². The molecule has 0 bridgehead atoms. The third-order valence-electron chi connectivity index (χ3n) is 4.66. The predicted octanol–water partition coefficient (Wildman–Crippen LogP) is 3.33. The summed E-state index contributed by atoms with van der Waals surface area (Å²) < 4.78 is 11.0. The maximum atomic E-state index is 12.6. The molecule has 0 aliphatic rings. The molecular weight excluding hydrogens is 372 g/mol. The highest BCUT2D eigenvalue weighted by atomic mass is 16.5.